The summed E-state index contributed by atoms with van der Waals surface area (Å²) in [5.74, 6) is 0. The van der Waals surface area contributed by atoms with E-state index in [1.54, 1.807) is 24.3 Å². The second kappa shape index (κ2) is 7.44. The molecule has 0 bridgehead atoms. The summed E-state index contributed by atoms with van der Waals surface area (Å²) in [6, 6.07) is 24.3. The molecule has 0 saturated carbocycles. The number of nitrogens with zero attached hydrogens (tertiary/aromatic N) is 1. The van der Waals surface area contributed by atoms with Crippen molar-refractivity contribution < 1.29 is 8.42 Å². The van der Waals surface area contributed by atoms with Gasteiger partial charge in [0.25, 0.3) is 0 Å². The summed E-state index contributed by atoms with van der Waals surface area (Å²) in [6.45, 7) is 2.45. The van der Waals surface area contributed by atoms with Gasteiger partial charge in [-0.3, -0.25) is 4.98 Å². The summed E-state index contributed by atoms with van der Waals surface area (Å²) in [5, 5.41) is 4.12. The lowest BCUT2D eigenvalue weighted by Gasteiger charge is -2.15. The van der Waals surface area contributed by atoms with E-state index in [4.69, 9.17) is 0 Å². The number of fused-ring (bicyclic) bond motifs is 1. The van der Waals surface area contributed by atoms with Crippen molar-refractivity contribution in [2.24, 2.45) is 0 Å². The third-order valence-corrected chi connectivity index (χ3v) is 6.45. The van der Waals surface area contributed by atoms with Crippen LogP contribution in [0.3, 0.4) is 0 Å². The van der Waals surface area contributed by atoms with E-state index in [0.29, 0.717) is 12.2 Å². The van der Waals surface area contributed by atoms with Crippen molar-refractivity contribution in [2.45, 2.75) is 23.3 Å². The zero-order valence-electron chi connectivity index (χ0n) is 15.5. The number of aryl methyl sites for hydroxylation is 1. The molecule has 0 aliphatic heterocycles. The number of benzene rings is 3. The summed E-state index contributed by atoms with van der Waals surface area (Å²) >= 11 is 0. The molecule has 28 heavy (non-hydrogen) atoms. The van der Waals surface area contributed by atoms with Crippen LogP contribution in [-0.2, 0) is 16.4 Å². The standard InChI is InChI=1S/C23H20N2O2S/c1-17-11-13-19(14-12-17)28(26,27)22-16-24-21-10-6-5-9-20(21)23(22)25-15-18-7-3-2-4-8-18/h2-14,16H,15H2,1H3,(H,24,25). The van der Waals surface area contributed by atoms with Crippen LogP contribution in [0.5, 0.6) is 0 Å². The van der Waals surface area contributed by atoms with Gasteiger partial charge < -0.3 is 5.32 Å². The second-order valence-electron chi connectivity index (χ2n) is 6.67. The summed E-state index contributed by atoms with van der Waals surface area (Å²) in [6.07, 6.45) is 1.45. The van der Waals surface area contributed by atoms with Crippen LogP contribution in [0.1, 0.15) is 11.1 Å². The third kappa shape index (κ3) is 3.49. The Morgan fingerprint density at radius 1 is 0.857 bits per heavy atom. The maximum absolute atomic E-state index is 13.3. The summed E-state index contributed by atoms with van der Waals surface area (Å²) in [7, 11) is -3.71. The first-order chi connectivity index (χ1) is 13.6. The molecule has 1 heterocycles. The zero-order chi connectivity index (χ0) is 19.6. The van der Waals surface area contributed by atoms with Crippen LogP contribution in [-0.4, -0.2) is 13.4 Å². The van der Waals surface area contributed by atoms with Gasteiger partial charge in [-0.1, -0.05) is 66.2 Å². The number of pyridine rings is 1. The number of para-hydroxylation sites is 1. The molecule has 0 amide bonds. The van der Waals surface area contributed by atoms with Crippen LogP contribution in [0.2, 0.25) is 0 Å². The molecular weight excluding hydrogens is 368 g/mol. The van der Waals surface area contributed by atoms with Gasteiger partial charge in [-0.25, -0.2) is 8.42 Å². The molecule has 0 unspecified atom stereocenters. The Labute approximate surface area is 164 Å². The molecule has 0 aliphatic carbocycles. The smallest absolute Gasteiger partial charge is 0.210 e. The molecular formula is C23H20N2O2S. The maximum atomic E-state index is 13.3. The van der Waals surface area contributed by atoms with E-state index in [0.717, 1.165) is 22.0 Å². The summed E-state index contributed by atoms with van der Waals surface area (Å²) < 4.78 is 26.7. The minimum Gasteiger partial charge on any atom is -0.379 e. The molecule has 1 N–H and O–H groups in total. The fourth-order valence-corrected chi connectivity index (χ4v) is 4.53. The minimum atomic E-state index is -3.71. The van der Waals surface area contributed by atoms with E-state index in [1.165, 1.54) is 6.20 Å². The minimum absolute atomic E-state index is 0.186. The lowest BCUT2D eigenvalue weighted by Crippen LogP contribution is -2.09. The highest BCUT2D eigenvalue weighted by atomic mass is 32.2. The number of aromatic nitrogens is 1. The van der Waals surface area contributed by atoms with Gasteiger partial charge in [-0.15, -0.1) is 0 Å². The summed E-state index contributed by atoms with van der Waals surface area (Å²) in [4.78, 5) is 4.84. The highest BCUT2D eigenvalue weighted by molar-refractivity contribution is 7.91. The van der Waals surface area contributed by atoms with Crippen LogP contribution in [0, 0.1) is 6.92 Å². The predicted octanol–water partition coefficient (Wildman–Crippen LogP) is 4.99. The molecule has 0 saturated heterocycles. The molecule has 0 aliphatic rings. The monoisotopic (exact) mass is 388 g/mol. The Bertz CT molecular complexity index is 1220. The van der Waals surface area contributed by atoms with Gasteiger partial charge in [0.1, 0.15) is 4.90 Å². The van der Waals surface area contributed by atoms with Gasteiger partial charge in [0, 0.05) is 18.1 Å². The number of nitrogens with one attached hydrogen (secondary N) is 1. The van der Waals surface area contributed by atoms with Crippen molar-refractivity contribution in [3.63, 3.8) is 0 Å². The van der Waals surface area contributed by atoms with Gasteiger partial charge in [0.15, 0.2) is 0 Å². The topological polar surface area (TPSA) is 59.1 Å². The quantitative estimate of drug-likeness (QED) is 0.523. The van der Waals surface area contributed by atoms with Gasteiger partial charge in [0.05, 0.1) is 16.1 Å². The molecule has 4 nitrogen and oxygen atoms in total. The Morgan fingerprint density at radius 2 is 1.54 bits per heavy atom. The Morgan fingerprint density at radius 3 is 2.29 bits per heavy atom. The van der Waals surface area contributed by atoms with E-state index in [9.17, 15) is 8.42 Å². The van der Waals surface area contributed by atoms with E-state index >= 15 is 0 Å². The molecule has 4 aromatic rings. The molecule has 0 fully saturated rings. The first kappa shape index (κ1) is 18.2. The number of hydrogen-bond donors (Lipinski definition) is 1. The molecule has 140 valence electrons. The Hall–Kier alpha value is -3.18. The molecule has 0 atom stereocenters. The van der Waals surface area contributed by atoms with Crippen LogP contribution < -0.4 is 5.32 Å². The lowest BCUT2D eigenvalue weighted by molar-refractivity contribution is 0.596. The van der Waals surface area contributed by atoms with Crippen molar-refractivity contribution in [2.75, 3.05) is 5.32 Å². The highest BCUT2D eigenvalue weighted by Gasteiger charge is 2.23. The first-order valence-electron chi connectivity index (χ1n) is 9.03. The first-order valence-corrected chi connectivity index (χ1v) is 10.5. The van der Waals surface area contributed by atoms with Crippen molar-refractivity contribution in [1.82, 2.24) is 4.98 Å². The number of rotatable bonds is 5. The molecule has 4 rings (SSSR count). The third-order valence-electron chi connectivity index (χ3n) is 4.67. The molecule has 5 heteroatoms. The van der Waals surface area contributed by atoms with Gasteiger partial charge in [-0.05, 0) is 30.7 Å². The lowest BCUT2D eigenvalue weighted by atomic mass is 10.1. The highest BCUT2D eigenvalue weighted by Crippen LogP contribution is 2.33. The van der Waals surface area contributed by atoms with Crippen LogP contribution in [0.25, 0.3) is 10.9 Å². The largest absolute Gasteiger partial charge is 0.379 e. The second-order valence-corrected chi connectivity index (χ2v) is 8.59. The van der Waals surface area contributed by atoms with Crippen molar-refractivity contribution in [3.8, 4) is 0 Å². The normalized spacial score (nSPS) is 11.5. The van der Waals surface area contributed by atoms with Crippen LogP contribution in [0.4, 0.5) is 5.69 Å². The molecule has 0 radical (unpaired) electrons. The van der Waals surface area contributed by atoms with Gasteiger partial charge in [0.2, 0.25) is 9.84 Å². The Balaban J connectivity index is 1.84. The SMILES string of the molecule is Cc1ccc(S(=O)(=O)c2cnc3ccccc3c2NCc2ccccc2)cc1. The van der Waals surface area contributed by atoms with Crippen molar-refractivity contribution in [3.05, 3.63) is 96.2 Å². The van der Waals surface area contributed by atoms with Crippen LogP contribution >= 0.6 is 0 Å². The van der Waals surface area contributed by atoms with Gasteiger partial charge >= 0.3 is 0 Å². The zero-order valence-corrected chi connectivity index (χ0v) is 16.3. The fraction of sp³-hybridized carbons (Fsp3) is 0.0870. The van der Waals surface area contributed by atoms with Crippen molar-refractivity contribution in [1.29, 1.82) is 0 Å². The molecule has 3 aromatic carbocycles. The fourth-order valence-electron chi connectivity index (χ4n) is 3.14. The van der Waals surface area contributed by atoms with E-state index in [-0.39, 0.29) is 9.79 Å². The average molecular weight is 388 g/mol. The number of hydrogen-bond acceptors (Lipinski definition) is 4. The van der Waals surface area contributed by atoms with E-state index < -0.39 is 9.84 Å². The summed E-state index contributed by atoms with van der Waals surface area (Å²) in [5.41, 5.74) is 3.41. The van der Waals surface area contributed by atoms with Crippen molar-refractivity contribution >= 4 is 26.4 Å². The maximum Gasteiger partial charge on any atom is 0.210 e. The molecule has 1 aromatic heterocycles. The Kier molecular flexibility index (Phi) is 4.84. The predicted molar refractivity (Wildman–Crippen MR) is 112 cm³/mol. The number of anilines is 1. The average Bonchev–Trinajstić information content (AvgIpc) is 2.73. The van der Waals surface area contributed by atoms with Crippen LogP contribution in [0.15, 0.2) is 94.9 Å². The van der Waals surface area contributed by atoms with Gasteiger partial charge in [-0.2, -0.15) is 0 Å². The van der Waals surface area contributed by atoms with E-state index in [1.807, 2.05) is 61.5 Å². The molecule has 0 spiro atoms. The van der Waals surface area contributed by atoms with E-state index in [2.05, 4.69) is 10.3 Å². The number of sulfone groups is 1.